The van der Waals surface area contributed by atoms with Crippen molar-refractivity contribution in [2.45, 2.75) is 38.6 Å². The largest absolute Gasteiger partial charge is 0.440 e. The minimum Gasteiger partial charge on any atom is -0.440 e. The average Bonchev–Trinajstić information content (AvgIpc) is 2.98. The van der Waals surface area contributed by atoms with Gasteiger partial charge in [0, 0.05) is 17.6 Å². The highest BCUT2D eigenvalue weighted by Crippen LogP contribution is 2.40. The van der Waals surface area contributed by atoms with Crippen molar-refractivity contribution in [2.75, 3.05) is 5.32 Å². The first-order chi connectivity index (χ1) is 7.72. The van der Waals surface area contributed by atoms with Crippen molar-refractivity contribution in [3.8, 4) is 0 Å². The summed E-state index contributed by atoms with van der Waals surface area (Å²) in [6.07, 6.45) is 2.45. The minimum absolute atomic E-state index is 0.437. The van der Waals surface area contributed by atoms with Gasteiger partial charge in [0.1, 0.15) is 5.52 Å². The third-order valence-electron chi connectivity index (χ3n) is 2.79. The van der Waals surface area contributed by atoms with Crippen LogP contribution in [-0.4, -0.2) is 11.0 Å². The maximum Gasteiger partial charge on any atom is 0.198 e. The Morgan fingerprint density at radius 1 is 1.38 bits per heavy atom. The molecule has 1 aromatic carbocycles. The second-order valence-electron chi connectivity index (χ2n) is 4.81. The molecule has 0 saturated heterocycles. The monoisotopic (exact) mass is 216 g/mol. The Morgan fingerprint density at radius 3 is 2.88 bits per heavy atom. The molecule has 3 rings (SSSR count). The summed E-state index contributed by atoms with van der Waals surface area (Å²) in [4.78, 5) is 4.54. The lowest BCUT2D eigenvalue weighted by atomic mass is 10.2. The van der Waals surface area contributed by atoms with Gasteiger partial charge in [-0.1, -0.05) is 0 Å². The Bertz CT molecular complexity index is 512. The van der Waals surface area contributed by atoms with Crippen LogP contribution in [0.1, 0.15) is 38.5 Å². The highest BCUT2D eigenvalue weighted by Gasteiger charge is 2.28. The zero-order valence-corrected chi connectivity index (χ0v) is 9.66. The van der Waals surface area contributed by atoms with Gasteiger partial charge >= 0.3 is 0 Å². The van der Waals surface area contributed by atoms with Crippen molar-refractivity contribution >= 4 is 16.8 Å². The van der Waals surface area contributed by atoms with Crippen LogP contribution in [0.5, 0.6) is 0 Å². The molecule has 1 aromatic heterocycles. The molecule has 1 N–H and O–H groups in total. The van der Waals surface area contributed by atoms with E-state index >= 15 is 0 Å². The average molecular weight is 216 g/mol. The fourth-order valence-electron chi connectivity index (χ4n) is 1.87. The molecule has 0 bridgehead atoms. The summed E-state index contributed by atoms with van der Waals surface area (Å²) in [5.41, 5.74) is 2.97. The van der Waals surface area contributed by atoms with Gasteiger partial charge in [0.2, 0.25) is 0 Å². The number of benzene rings is 1. The van der Waals surface area contributed by atoms with Crippen LogP contribution in [-0.2, 0) is 0 Å². The van der Waals surface area contributed by atoms with Crippen LogP contribution in [0.2, 0.25) is 0 Å². The molecule has 1 fully saturated rings. The van der Waals surface area contributed by atoms with Gasteiger partial charge in [0.05, 0.1) is 0 Å². The summed E-state index contributed by atoms with van der Waals surface area (Å²) >= 11 is 0. The van der Waals surface area contributed by atoms with E-state index in [4.69, 9.17) is 4.42 Å². The number of anilines is 1. The number of rotatable bonds is 3. The molecular formula is C13H16N2O. The van der Waals surface area contributed by atoms with Crippen molar-refractivity contribution in [2.24, 2.45) is 0 Å². The van der Waals surface area contributed by atoms with Crippen molar-refractivity contribution in [3.63, 3.8) is 0 Å². The van der Waals surface area contributed by atoms with Crippen LogP contribution < -0.4 is 5.32 Å². The summed E-state index contributed by atoms with van der Waals surface area (Å²) in [5, 5.41) is 3.37. The molecule has 1 aliphatic rings. The standard InChI is InChI=1S/C13H16N2O/c1-8(2)14-10-5-6-12-11(7-10)15-13(16-12)9-3-4-9/h5-9,14H,3-4H2,1-2H3. The lowest BCUT2D eigenvalue weighted by molar-refractivity contribution is 0.533. The van der Waals surface area contributed by atoms with Gasteiger partial charge in [0.25, 0.3) is 0 Å². The zero-order valence-electron chi connectivity index (χ0n) is 9.66. The Balaban J connectivity index is 1.96. The number of fused-ring (bicyclic) bond motifs is 1. The van der Waals surface area contributed by atoms with Crippen molar-refractivity contribution < 1.29 is 4.42 Å². The molecule has 1 heterocycles. The molecule has 3 heteroatoms. The van der Waals surface area contributed by atoms with Crippen LogP contribution in [0.3, 0.4) is 0 Å². The summed E-state index contributed by atoms with van der Waals surface area (Å²) in [6.45, 7) is 4.26. The molecule has 0 amide bonds. The van der Waals surface area contributed by atoms with E-state index in [1.807, 2.05) is 12.1 Å². The summed E-state index contributed by atoms with van der Waals surface area (Å²) < 4.78 is 5.71. The molecule has 84 valence electrons. The number of aromatic nitrogens is 1. The summed E-state index contributed by atoms with van der Waals surface area (Å²) in [6, 6.07) is 6.54. The normalized spacial score (nSPS) is 15.9. The van der Waals surface area contributed by atoms with E-state index in [0.717, 1.165) is 22.7 Å². The molecule has 3 nitrogen and oxygen atoms in total. The molecule has 0 spiro atoms. The first kappa shape index (κ1) is 9.70. The summed E-state index contributed by atoms with van der Waals surface area (Å²) in [5.74, 6) is 1.49. The smallest absolute Gasteiger partial charge is 0.198 e. The molecule has 16 heavy (non-hydrogen) atoms. The number of hydrogen-bond acceptors (Lipinski definition) is 3. The SMILES string of the molecule is CC(C)Nc1ccc2oc(C3CC3)nc2c1. The quantitative estimate of drug-likeness (QED) is 0.853. The van der Waals surface area contributed by atoms with Gasteiger partial charge in [-0.15, -0.1) is 0 Å². The number of hydrogen-bond donors (Lipinski definition) is 1. The fraction of sp³-hybridized carbons (Fsp3) is 0.462. The maximum absolute atomic E-state index is 5.71. The summed E-state index contributed by atoms with van der Waals surface area (Å²) in [7, 11) is 0. The molecule has 1 aliphatic carbocycles. The van der Waals surface area contributed by atoms with E-state index in [1.165, 1.54) is 12.8 Å². The van der Waals surface area contributed by atoms with Crippen molar-refractivity contribution in [1.82, 2.24) is 4.98 Å². The van der Waals surface area contributed by atoms with E-state index in [1.54, 1.807) is 0 Å². The molecule has 0 aliphatic heterocycles. The third-order valence-corrected chi connectivity index (χ3v) is 2.79. The Morgan fingerprint density at radius 2 is 2.19 bits per heavy atom. The predicted molar refractivity (Wildman–Crippen MR) is 64.7 cm³/mol. The van der Waals surface area contributed by atoms with E-state index in [9.17, 15) is 0 Å². The topological polar surface area (TPSA) is 38.1 Å². The first-order valence-corrected chi connectivity index (χ1v) is 5.89. The predicted octanol–water partition coefficient (Wildman–Crippen LogP) is 3.53. The first-order valence-electron chi connectivity index (χ1n) is 5.89. The van der Waals surface area contributed by atoms with Crippen LogP contribution in [0.4, 0.5) is 5.69 Å². The number of nitrogens with one attached hydrogen (secondary N) is 1. The lowest BCUT2D eigenvalue weighted by Crippen LogP contribution is -2.09. The number of nitrogens with zero attached hydrogens (tertiary/aromatic N) is 1. The van der Waals surface area contributed by atoms with E-state index in [2.05, 4.69) is 30.2 Å². The Kier molecular flexibility index (Phi) is 2.13. The molecule has 1 saturated carbocycles. The molecular weight excluding hydrogens is 200 g/mol. The molecule has 0 radical (unpaired) electrons. The van der Waals surface area contributed by atoms with Crippen LogP contribution in [0, 0.1) is 0 Å². The highest BCUT2D eigenvalue weighted by atomic mass is 16.3. The zero-order chi connectivity index (χ0) is 11.1. The third kappa shape index (κ3) is 1.77. The van der Waals surface area contributed by atoms with E-state index < -0.39 is 0 Å². The van der Waals surface area contributed by atoms with Gasteiger partial charge < -0.3 is 9.73 Å². The van der Waals surface area contributed by atoms with Gasteiger partial charge in [-0.25, -0.2) is 4.98 Å². The molecule has 2 aromatic rings. The van der Waals surface area contributed by atoms with E-state index in [-0.39, 0.29) is 0 Å². The van der Waals surface area contributed by atoms with Gasteiger partial charge in [0.15, 0.2) is 11.5 Å². The second-order valence-corrected chi connectivity index (χ2v) is 4.81. The van der Waals surface area contributed by atoms with Crippen molar-refractivity contribution in [3.05, 3.63) is 24.1 Å². The fourth-order valence-corrected chi connectivity index (χ4v) is 1.87. The molecule has 0 unspecified atom stereocenters. The second kappa shape index (κ2) is 3.51. The molecule has 0 atom stereocenters. The minimum atomic E-state index is 0.437. The highest BCUT2D eigenvalue weighted by molar-refractivity contribution is 5.77. The van der Waals surface area contributed by atoms with Crippen LogP contribution >= 0.6 is 0 Å². The van der Waals surface area contributed by atoms with Crippen molar-refractivity contribution in [1.29, 1.82) is 0 Å². The van der Waals surface area contributed by atoms with Crippen LogP contribution in [0.25, 0.3) is 11.1 Å². The van der Waals surface area contributed by atoms with Gasteiger partial charge in [-0.2, -0.15) is 0 Å². The van der Waals surface area contributed by atoms with E-state index in [0.29, 0.717) is 12.0 Å². The maximum atomic E-state index is 5.71. The Labute approximate surface area is 94.9 Å². The lowest BCUT2D eigenvalue weighted by Gasteiger charge is -2.08. The van der Waals surface area contributed by atoms with Gasteiger partial charge in [-0.05, 0) is 44.9 Å². The Hall–Kier alpha value is -1.51. The number of oxazole rings is 1. The van der Waals surface area contributed by atoms with Crippen LogP contribution in [0.15, 0.2) is 22.6 Å². The van der Waals surface area contributed by atoms with Gasteiger partial charge in [-0.3, -0.25) is 0 Å².